The Balaban J connectivity index is 1.94. The van der Waals surface area contributed by atoms with E-state index in [1.54, 1.807) is 24.3 Å². The number of piperidine rings is 1. The number of hydrogen-bond donors (Lipinski definition) is 3. The summed E-state index contributed by atoms with van der Waals surface area (Å²) >= 11 is 0. The first kappa shape index (κ1) is 12.3. The summed E-state index contributed by atoms with van der Waals surface area (Å²) in [7, 11) is -3.50. The van der Waals surface area contributed by atoms with E-state index in [-0.39, 0.29) is 6.17 Å². The van der Waals surface area contributed by atoms with Gasteiger partial charge in [0.25, 0.3) is 10.2 Å². The van der Waals surface area contributed by atoms with Gasteiger partial charge in [-0.05, 0) is 37.9 Å². The second-order valence-corrected chi connectivity index (χ2v) is 5.54. The van der Waals surface area contributed by atoms with Gasteiger partial charge in [0.1, 0.15) is 0 Å². The maximum absolute atomic E-state index is 11.8. The van der Waals surface area contributed by atoms with E-state index in [4.69, 9.17) is 0 Å². The molecule has 1 aromatic rings. The lowest BCUT2D eigenvalue weighted by Crippen LogP contribution is -2.49. The van der Waals surface area contributed by atoms with Crippen LogP contribution in [0.25, 0.3) is 0 Å². The van der Waals surface area contributed by atoms with Gasteiger partial charge in [0, 0.05) is 5.69 Å². The fraction of sp³-hybridized carbons (Fsp3) is 0.455. The van der Waals surface area contributed by atoms with Crippen molar-refractivity contribution >= 4 is 15.9 Å². The van der Waals surface area contributed by atoms with Crippen LogP contribution in [0.2, 0.25) is 0 Å². The van der Waals surface area contributed by atoms with E-state index in [9.17, 15) is 8.42 Å². The first-order chi connectivity index (χ1) is 8.16. The Hall–Kier alpha value is -1.11. The second-order valence-electron chi connectivity index (χ2n) is 4.09. The van der Waals surface area contributed by atoms with E-state index in [0.29, 0.717) is 5.69 Å². The van der Waals surface area contributed by atoms with Crippen molar-refractivity contribution < 1.29 is 8.42 Å². The van der Waals surface area contributed by atoms with Crippen molar-refractivity contribution in [1.29, 1.82) is 0 Å². The quantitative estimate of drug-likeness (QED) is 0.752. The fourth-order valence-electron chi connectivity index (χ4n) is 1.83. The molecule has 6 heteroatoms. The number of anilines is 1. The zero-order chi connectivity index (χ0) is 12.1. The van der Waals surface area contributed by atoms with Gasteiger partial charge in [0.2, 0.25) is 0 Å². The van der Waals surface area contributed by atoms with Gasteiger partial charge in [0.05, 0.1) is 6.17 Å². The number of hydrogen-bond acceptors (Lipinski definition) is 3. The monoisotopic (exact) mass is 255 g/mol. The molecule has 5 nitrogen and oxygen atoms in total. The molecule has 1 aliphatic rings. The van der Waals surface area contributed by atoms with Crippen molar-refractivity contribution in [2.45, 2.75) is 25.4 Å². The zero-order valence-electron chi connectivity index (χ0n) is 9.52. The molecule has 1 aliphatic heterocycles. The highest BCUT2D eigenvalue weighted by molar-refractivity contribution is 7.90. The topological polar surface area (TPSA) is 70.2 Å². The summed E-state index contributed by atoms with van der Waals surface area (Å²) in [5, 5.41) is 3.13. The Morgan fingerprint density at radius 2 is 1.94 bits per heavy atom. The second kappa shape index (κ2) is 5.48. The highest BCUT2D eigenvalue weighted by atomic mass is 32.2. The highest BCUT2D eigenvalue weighted by Gasteiger charge is 2.19. The van der Waals surface area contributed by atoms with Crippen molar-refractivity contribution in [1.82, 2.24) is 10.0 Å². The van der Waals surface area contributed by atoms with Crippen LogP contribution in [0.1, 0.15) is 19.3 Å². The fourth-order valence-corrected chi connectivity index (χ4v) is 2.91. The Kier molecular flexibility index (Phi) is 3.98. The van der Waals surface area contributed by atoms with Crippen LogP contribution in [0.15, 0.2) is 30.3 Å². The molecular formula is C11H17N3O2S. The smallest absolute Gasteiger partial charge is 0.300 e. The Morgan fingerprint density at radius 3 is 2.59 bits per heavy atom. The number of rotatable bonds is 4. The maximum Gasteiger partial charge on any atom is 0.300 e. The minimum absolute atomic E-state index is 0.162. The van der Waals surface area contributed by atoms with Crippen LogP contribution in [-0.2, 0) is 10.2 Å². The third kappa shape index (κ3) is 3.99. The van der Waals surface area contributed by atoms with Gasteiger partial charge in [0.15, 0.2) is 0 Å². The van der Waals surface area contributed by atoms with Crippen molar-refractivity contribution in [2.75, 3.05) is 11.3 Å². The molecule has 2 rings (SSSR count). The molecule has 1 aromatic carbocycles. The molecule has 1 atom stereocenters. The third-order valence-corrected chi connectivity index (χ3v) is 3.73. The van der Waals surface area contributed by atoms with Crippen molar-refractivity contribution in [3.63, 3.8) is 0 Å². The van der Waals surface area contributed by atoms with Gasteiger partial charge in [-0.15, -0.1) is 0 Å². The summed E-state index contributed by atoms with van der Waals surface area (Å²) in [6.45, 7) is 0.860. The van der Waals surface area contributed by atoms with E-state index < -0.39 is 10.2 Å². The molecule has 94 valence electrons. The standard InChI is InChI=1S/C11H17N3O2S/c15-17(16,13-10-6-2-1-3-7-10)14-11-8-4-5-9-12-11/h1-3,6-7,11-14H,4-5,8-9H2. The van der Waals surface area contributed by atoms with Crippen molar-refractivity contribution in [3.05, 3.63) is 30.3 Å². The summed E-state index contributed by atoms with van der Waals surface area (Å²) in [4.78, 5) is 0. The SMILES string of the molecule is O=S(=O)(Nc1ccccc1)NC1CCCCN1. The number of nitrogens with one attached hydrogen (secondary N) is 3. The van der Waals surface area contributed by atoms with Crippen LogP contribution in [0, 0.1) is 0 Å². The summed E-state index contributed by atoms with van der Waals surface area (Å²) < 4.78 is 28.7. The largest absolute Gasteiger partial charge is 0.301 e. The molecule has 0 amide bonds. The molecule has 17 heavy (non-hydrogen) atoms. The Morgan fingerprint density at radius 1 is 1.18 bits per heavy atom. The minimum atomic E-state index is -3.50. The molecular weight excluding hydrogens is 238 g/mol. The molecule has 0 radical (unpaired) electrons. The van der Waals surface area contributed by atoms with Crippen molar-refractivity contribution in [3.8, 4) is 0 Å². The van der Waals surface area contributed by atoms with E-state index in [1.165, 1.54) is 0 Å². The van der Waals surface area contributed by atoms with Gasteiger partial charge in [-0.25, -0.2) is 0 Å². The van der Waals surface area contributed by atoms with Gasteiger partial charge in [-0.3, -0.25) is 4.72 Å². The van der Waals surface area contributed by atoms with Crippen LogP contribution >= 0.6 is 0 Å². The zero-order valence-corrected chi connectivity index (χ0v) is 10.3. The molecule has 0 spiro atoms. The normalized spacial score (nSPS) is 21.1. The Bertz CT molecular complexity index is 441. The lowest BCUT2D eigenvalue weighted by atomic mass is 10.1. The number of para-hydroxylation sites is 1. The molecule has 3 N–H and O–H groups in total. The van der Waals surface area contributed by atoms with Gasteiger partial charge in [-0.1, -0.05) is 18.2 Å². The molecule has 0 bridgehead atoms. The summed E-state index contributed by atoms with van der Waals surface area (Å²) in [6, 6.07) is 8.85. The molecule has 0 aromatic heterocycles. The first-order valence-corrected chi connectivity index (χ1v) is 7.22. The third-order valence-electron chi connectivity index (χ3n) is 2.63. The summed E-state index contributed by atoms with van der Waals surface area (Å²) in [5.41, 5.74) is 0.566. The minimum Gasteiger partial charge on any atom is -0.301 e. The first-order valence-electron chi connectivity index (χ1n) is 5.74. The molecule has 1 fully saturated rings. The molecule has 1 heterocycles. The molecule has 0 aliphatic carbocycles. The average Bonchev–Trinajstić information content (AvgIpc) is 2.30. The van der Waals surface area contributed by atoms with E-state index in [0.717, 1.165) is 25.8 Å². The maximum atomic E-state index is 11.8. The predicted octanol–water partition coefficient (Wildman–Crippen LogP) is 1.03. The van der Waals surface area contributed by atoms with E-state index in [2.05, 4.69) is 14.8 Å². The predicted molar refractivity (Wildman–Crippen MR) is 67.8 cm³/mol. The lowest BCUT2D eigenvalue weighted by Gasteiger charge is -2.24. The molecule has 1 saturated heterocycles. The highest BCUT2D eigenvalue weighted by Crippen LogP contribution is 2.09. The van der Waals surface area contributed by atoms with Gasteiger partial charge >= 0.3 is 0 Å². The van der Waals surface area contributed by atoms with Crippen LogP contribution in [-0.4, -0.2) is 21.1 Å². The summed E-state index contributed by atoms with van der Waals surface area (Å²) in [5.74, 6) is 0. The van der Waals surface area contributed by atoms with E-state index in [1.807, 2.05) is 6.07 Å². The summed E-state index contributed by atoms with van der Waals surface area (Å²) in [6.07, 6.45) is 2.82. The van der Waals surface area contributed by atoms with Crippen molar-refractivity contribution in [2.24, 2.45) is 0 Å². The van der Waals surface area contributed by atoms with Gasteiger partial charge in [-0.2, -0.15) is 13.1 Å². The molecule has 0 saturated carbocycles. The molecule has 1 unspecified atom stereocenters. The van der Waals surface area contributed by atoms with E-state index >= 15 is 0 Å². The lowest BCUT2D eigenvalue weighted by molar-refractivity contribution is 0.383. The van der Waals surface area contributed by atoms with Crippen LogP contribution in [0.4, 0.5) is 5.69 Å². The average molecular weight is 255 g/mol. The van der Waals surface area contributed by atoms with Crippen LogP contribution in [0.5, 0.6) is 0 Å². The Labute approximate surface area is 102 Å². The van der Waals surface area contributed by atoms with Crippen LogP contribution < -0.4 is 14.8 Å². The van der Waals surface area contributed by atoms with Crippen LogP contribution in [0.3, 0.4) is 0 Å². The number of benzene rings is 1. The van der Waals surface area contributed by atoms with Gasteiger partial charge < -0.3 is 5.32 Å².